The first-order valence-corrected chi connectivity index (χ1v) is 7.96. The molecule has 2 heterocycles. The topological polar surface area (TPSA) is 73.9 Å². The molecular weight excluding hydrogens is 318 g/mol. The molecule has 1 unspecified atom stereocenters. The van der Waals surface area contributed by atoms with Gasteiger partial charge in [0.05, 0.1) is 6.54 Å². The first-order chi connectivity index (χ1) is 11.2. The summed E-state index contributed by atoms with van der Waals surface area (Å²) in [5.74, 6) is 0.473. The summed E-state index contributed by atoms with van der Waals surface area (Å²) < 4.78 is 16.2. The lowest BCUT2D eigenvalue weighted by atomic mass is 10.2. The molecule has 0 saturated heterocycles. The van der Waals surface area contributed by atoms with Crippen LogP contribution in [0.25, 0.3) is 0 Å². The first kappa shape index (κ1) is 15.4. The number of fused-ring (bicyclic) bond motifs is 1. The molecule has 0 fully saturated rings. The number of amides is 1. The van der Waals surface area contributed by atoms with Gasteiger partial charge < -0.3 is 19.5 Å². The fraction of sp³-hybridized carbons (Fsp3) is 0.250. The highest BCUT2D eigenvalue weighted by molar-refractivity contribution is 7.11. The molecule has 1 aromatic heterocycles. The van der Waals surface area contributed by atoms with E-state index < -0.39 is 5.97 Å². The summed E-state index contributed by atoms with van der Waals surface area (Å²) in [4.78, 5) is 23.8. The van der Waals surface area contributed by atoms with Crippen molar-refractivity contribution in [1.82, 2.24) is 5.32 Å². The Labute approximate surface area is 137 Å². The molecule has 1 aliphatic rings. The van der Waals surface area contributed by atoms with Gasteiger partial charge in [-0.15, -0.1) is 11.3 Å². The normalized spacial score (nSPS) is 15.7. The maximum absolute atomic E-state index is 11.7. The van der Waals surface area contributed by atoms with Crippen LogP contribution in [0, 0.1) is 0 Å². The number of para-hydroxylation sites is 2. The van der Waals surface area contributed by atoms with Crippen LogP contribution >= 0.6 is 11.3 Å². The second kappa shape index (κ2) is 7.15. The van der Waals surface area contributed by atoms with Gasteiger partial charge in [0.15, 0.2) is 18.1 Å². The lowest BCUT2D eigenvalue weighted by Gasteiger charge is -2.26. The van der Waals surface area contributed by atoms with Crippen LogP contribution in [-0.2, 0) is 9.53 Å². The van der Waals surface area contributed by atoms with Gasteiger partial charge >= 0.3 is 5.97 Å². The highest BCUT2D eigenvalue weighted by atomic mass is 32.1. The number of carbonyl (C=O) groups excluding carboxylic acids is 2. The minimum absolute atomic E-state index is 0.276. The van der Waals surface area contributed by atoms with Gasteiger partial charge in [0.1, 0.15) is 17.6 Å². The summed E-state index contributed by atoms with van der Waals surface area (Å²) in [6, 6.07) is 10.8. The number of hydrogen-bond donors (Lipinski definition) is 1. The van der Waals surface area contributed by atoms with E-state index in [9.17, 15) is 9.59 Å². The predicted molar refractivity (Wildman–Crippen MR) is 84.0 cm³/mol. The van der Waals surface area contributed by atoms with E-state index in [1.165, 1.54) is 11.3 Å². The Morgan fingerprint density at radius 1 is 1.22 bits per heavy atom. The van der Waals surface area contributed by atoms with Gasteiger partial charge in [0.25, 0.3) is 5.91 Å². The van der Waals surface area contributed by atoms with E-state index in [0.29, 0.717) is 23.0 Å². The molecule has 3 rings (SSSR count). The third-order valence-corrected chi connectivity index (χ3v) is 4.00. The van der Waals surface area contributed by atoms with Gasteiger partial charge in [-0.3, -0.25) is 4.79 Å². The monoisotopic (exact) mass is 333 g/mol. The predicted octanol–water partition coefficient (Wildman–Crippen LogP) is 1.86. The molecule has 23 heavy (non-hydrogen) atoms. The third-order valence-electron chi connectivity index (χ3n) is 3.15. The van der Waals surface area contributed by atoms with Crippen molar-refractivity contribution >= 4 is 23.2 Å². The van der Waals surface area contributed by atoms with Gasteiger partial charge in [0, 0.05) is 0 Å². The van der Waals surface area contributed by atoms with Crippen LogP contribution in [0.3, 0.4) is 0 Å². The Balaban J connectivity index is 1.41. The highest BCUT2D eigenvalue weighted by Gasteiger charge is 2.21. The van der Waals surface area contributed by atoms with Crippen molar-refractivity contribution in [3.63, 3.8) is 0 Å². The van der Waals surface area contributed by atoms with Gasteiger partial charge in [-0.2, -0.15) is 0 Å². The Morgan fingerprint density at radius 2 is 2.04 bits per heavy atom. The van der Waals surface area contributed by atoms with E-state index in [-0.39, 0.29) is 25.2 Å². The molecule has 1 N–H and O–H groups in total. The standard InChI is InChI=1S/C16H15NO5S/c18-15(10-21-16(19)14-6-3-7-23-14)17-8-11-9-20-12-4-1-2-5-13(12)22-11/h1-7,11H,8-10H2,(H,17,18). The Morgan fingerprint density at radius 3 is 2.83 bits per heavy atom. The molecule has 0 bridgehead atoms. The molecule has 7 heteroatoms. The second-order valence-electron chi connectivity index (χ2n) is 4.86. The molecule has 6 nitrogen and oxygen atoms in total. The van der Waals surface area contributed by atoms with Crippen molar-refractivity contribution in [2.75, 3.05) is 19.8 Å². The van der Waals surface area contributed by atoms with E-state index in [1.54, 1.807) is 17.5 Å². The second-order valence-corrected chi connectivity index (χ2v) is 5.80. The number of ether oxygens (including phenoxy) is 3. The van der Waals surface area contributed by atoms with Crippen molar-refractivity contribution < 1.29 is 23.8 Å². The minimum Gasteiger partial charge on any atom is -0.486 e. The molecule has 1 aliphatic heterocycles. The van der Waals surface area contributed by atoms with Crippen LogP contribution in [-0.4, -0.2) is 37.7 Å². The quantitative estimate of drug-likeness (QED) is 0.846. The minimum atomic E-state index is -0.499. The van der Waals surface area contributed by atoms with E-state index >= 15 is 0 Å². The largest absolute Gasteiger partial charge is 0.486 e. The van der Waals surface area contributed by atoms with Crippen molar-refractivity contribution in [3.05, 3.63) is 46.7 Å². The molecule has 0 aliphatic carbocycles. The summed E-state index contributed by atoms with van der Waals surface area (Å²) in [5, 5.41) is 4.44. The van der Waals surface area contributed by atoms with E-state index in [0.717, 1.165) is 0 Å². The Hall–Kier alpha value is -2.54. The number of hydrogen-bond acceptors (Lipinski definition) is 6. The fourth-order valence-electron chi connectivity index (χ4n) is 2.04. The molecule has 120 valence electrons. The highest BCUT2D eigenvalue weighted by Crippen LogP contribution is 2.30. The first-order valence-electron chi connectivity index (χ1n) is 7.08. The average molecular weight is 333 g/mol. The van der Waals surface area contributed by atoms with E-state index in [4.69, 9.17) is 14.2 Å². The van der Waals surface area contributed by atoms with Gasteiger partial charge in [-0.1, -0.05) is 18.2 Å². The van der Waals surface area contributed by atoms with Crippen molar-refractivity contribution in [1.29, 1.82) is 0 Å². The molecule has 1 aromatic carbocycles. The Kier molecular flexibility index (Phi) is 4.77. The summed E-state index contributed by atoms with van der Waals surface area (Å²) in [6.45, 7) is 0.316. The van der Waals surface area contributed by atoms with Crippen molar-refractivity contribution in [2.24, 2.45) is 0 Å². The van der Waals surface area contributed by atoms with Crippen LogP contribution in [0.2, 0.25) is 0 Å². The molecule has 1 amide bonds. The van der Waals surface area contributed by atoms with Gasteiger partial charge in [-0.25, -0.2) is 4.79 Å². The molecule has 1 atom stereocenters. The average Bonchev–Trinajstić information content (AvgIpc) is 3.12. The van der Waals surface area contributed by atoms with Gasteiger partial charge in [-0.05, 0) is 23.6 Å². The summed E-state index contributed by atoms with van der Waals surface area (Å²) >= 11 is 1.27. The molecular formula is C16H15NO5S. The van der Waals surface area contributed by atoms with E-state index in [2.05, 4.69) is 5.32 Å². The smallest absolute Gasteiger partial charge is 0.348 e. The van der Waals surface area contributed by atoms with Crippen LogP contribution in [0.1, 0.15) is 9.67 Å². The number of esters is 1. The van der Waals surface area contributed by atoms with Crippen LogP contribution in [0.5, 0.6) is 11.5 Å². The summed E-state index contributed by atoms with van der Waals surface area (Å²) in [6.07, 6.45) is -0.276. The van der Waals surface area contributed by atoms with Crippen LogP contribution in [0.4, 0.5) is 0 Å². The molecule has 2 aromatic rings. The molecule has 0 saturated carbocycles. The maximum atomic E-state index is 11.7. The number of benzene rings is 1. The number of thiophene rings is 1. The third kappa shape index (κ3) is 4.01. The maximum Gasteiger partial charge on any atom is 0.348 e. The zero-order valence-corrected chi connectivity index (χ0v) is 13.0. The van der Waals surface area contributed by atoms with Crippen LogP contribution < -0.4 is 14.8 Å². The number of carbonyl (C=O) groups is 2. The summed E-state index contributed by atoms with van der Waals surface area (Å²) in [7, 11) is 0. The Bertz CT molecular complexity index is 686. The lowest BCUT2D eigenvalue weighted by Crippen LogP contribution is -2.42. The zero-order valence-electron chi connectivity index (χ0n) is 12.2. The zero-order chi connectivity index (χ0) is 16.1. The summed E-state index contributed by atoms with van der Waals surface area (Å²) in [5.41, 5.74) is 0. The number of nitrogens with one attached hydrogen (secondary N) is 1. The SMILES string of the molecule is O=C(COC(=O)c1cccs1)NCC1COc2ccccc2O1. The molecule has 0 radical (unpaired) electrons. The lowest BCUT2D eigenvalue weighted by molar-refractivity contribution is -0.124. The van der Waals surface area contributed by atoms with Crippen LogP contribution in [0.15, 0.2) is 41.8 Å². The van der Waals surface area contributed by atoms with Gasteiger partial charge in [0.2, 0.25) is 0 Å². The van der Waals surface area contributed by atoms with Crippen molar-refractivity contribution in [2.45, 2.75) is 6.10 Å². The van der Waals surface area contributed by atoms with Crippen molar-refractivity contribution in [3.8, 4) is 11.5 Å². The fourth-order valence-corrected chi connectivity index (χ4v) is 2.66. The molecule has 0 spiro atoms. The number of rotatable bonds is 5. The van der Waals surface area contributed by atoms with E-state index in [1.807, 2.05) is 24.3 Å².